The molecule has 1 fully saturated rings. The van der Waals surface area contributed by atoms with Crippen molar-refractivity contribution >= 4 is 5.97 Å². The first-order chi connectivity index (χ1) is 7.53. The van der Waals surface area contributed by atoms with Crippen LogP contribution in [-0.2, 0) is 9.53 Å². The van der Waals surface area contributed by atoms with Gasteiger partial charge in [0.2, 0.25) is 0 Å². The smallest absolute Gasteiger partial charge is 0.311 e. The third kappa shape index (κ3) is 2.97. The summed E-state index contributed by atoms with van der Waals surface area (Å²) in [6, 6.07) is 0. The molecule has 0 amide bonds. The van der Waals surface area contributed by atoms with E-state index in [-0.39, 0.29) is 11.9 Å². The van der Waals surface area contributed by atoms with E-state index in [1.165, 1.54) is 7.11 Å². The van der Waals surface area contributed by atoms with Gasteiger partial charge in [0.1, 0.15) is 0 Å². The monoisotopic (exact) mass is 228 g/mol. The minimum Gasteiger partial charge on any atom is -0.469 e. The normalized spacial score (nSPS) is 31.4. The predicted octanol–water partition coefficient (Wildman–Crippen LogP) is 2.52. The number of methoxy groups -OCH3 is 1. The van der Waals surface area contributed by atoms with Gasteiger partial charge in [-0.25, -0.2) is 0 Å². The van der Waals surface area contributed by atoms with Crippen molar-refractivity contribution in [1.29, 1.82) is 0 Å². The van der Waals surface area contributed by atoms with Gasteiger partial charge in [-0.1, -0.05) is 26.7 Å². The average molecular weight is 228 g/mol. The van der Waals surface area contributed by atoms with Gasteiger partial charge in [-0.2, -0.15) is 0 Å². The number of carbonyl (C=O) groups is 1. The molecule has 1 rings (SSSR count). The topological polar surface area (TPSA) is 46.5 Å². The number of aliphatic hydroxyl groups is 1. The van der Waals surface area contributed by atoms with E-state index < -0.39 is 5.60 Å². The summed E-state index contributed by atoms with van der Waals surface area (Å²) in [6.45, 7) is 4.22. The number of hydrogen-bond acceptors (Lipinski definition) is 3. The molecule has 3 unspecified atom stereocenters. The Morgan fingerprint density at radius 2 is 2.31 bits per heavy atom. The maximum absolute atomic E-state index is 11.7. The van der Waals surface area contributed by atoms with Gasteiger partial charge in [-0.05, 0) is 31.6 Å². The Bertz CT molecular complexity index is 239. The lowest BCUT2D eigenvalue weighted by molar-refractivity contribution is -0.156. The second-order valence-corrected chi connectivity index (χ2v) is 5.17. The Kier molecular flexibility index (Phi) is 4.78. The van der Waals surface area contributed by atoms with E-state index in [4.69, 9.17) is 4.74 Å². The Morgan fingerprint density at radius 3 is 2.75 bits per heavy atom. The van der Waals surface area contributed by atoms with Crippen molar-refractivity contribution in [2.45, 2.75) is 58.0 Å². The van der Waals surface area contributed by atoms with E-state index in [2.05, 4.69) is 13.8 Å². The summed E-state index contributed by atoms with van der Waals surface area (Å²) in [5, 5.41) is 10.5. The summed E-state index contributed by atoms with van der Waals surface area (Å²) in [7, 11) is 1.41. The number of rotatable bonds is 5. The molecule has 0 radical (unpaired) electrons. The molecule has 3 heteroatoms. The van der Waals surface area contributed by atoms with Crippen LogP contribution in [0.25, 0.3) is 0 Å². The highest BCUT2D eigenvalue weighted by atomic mass is 16.5. The Labute approximate surface area is 98.2 Å². The van der Waals surface area contributed by atoms with Crippen LogP contribution in [0.1, 0.15) is 52.4 Å². The first kappa shape index (κ1) is 13.5. The van der Waals surface area contributed by atoms with Crippen LogP contribution in [0.4, 0.5) is 0 Å². The van der Waals surface area contributed by atoms with Crippen LogP contribution in [-0.4, -0.2) is 23.8 Å². The van der Waals surface area contributed by atoms with Crippen molar-refractivity contribution in [2.24, 2.45) is 11.8 Å². The minimum atomic E-state index is -0.818. The van der Waals surface area contributed by atoms with Gasteiger partial charge >= 0.3 is 5.97 Å². The maximum Gasteiger partial charge on any atom is 0.311 e. The fraction of sp³-hybridized carbons (Fsp3) is 0.923. The molecule has 0 aromatic rings. The highest BCUT2D eigenvalue weighted by Crippen LogP contribution is 2.41. The second-order valence-electron chi connectivity index (χ2n) is 5.17. The standard InChI is InChI=1S/C13H24O3/c1-4-5-6-11(12(14)16-3)13(15)8-7-10(2)9-13/h10-11,15H,4-9H2,1-3H3. The maximum atomic E-state index is 11.7. The molecular formula is C13H24O3. The van der Waals surface area contributed by atoms with E-state index in [9.17, 15) is 9.90 Å². The lowest BCUT2D eigenvalue weighted by Crippen LogP contribution is -2.41. The largest absolute Gasteiger partial charge is 0.469 e. The number of hydrogen-bond donors (Lipinski definition) is 1. The Balaban J connectivity index is 2.71. The summed E-state index contributed by atoms with van der Waals surface area (Å²) < 4.78 is 4.82. The lowest BCUT2D eigenvalue weighted by atomic mass is 9.82. The van der Waals surface area contributed by atoms with Crippen LogP contribution < -0.4 is 0 Å². The number of esters is 1. The zero-order chi connectivity index (χ0) is 12.2. The van der Waals surface area contributed by atoms with Crippen LogP contribution in [0.2, 0.25) is 0 Å². The minimum absolute atomic E-state index is 0.245. The van der Waals surface area contributed by atoms with Gasteiger partial charge in [0.25, 0.3) is 0 Å². The summed E-state index contributed by atoms with van der Waals surface area (Å²) >= 11 is 0. The van der Waals surface area contributed by atoms with Gasteiger partial charge in [0.15, 0.2) is 0 Å². The second kappa shape index (κ2) is 5.67. The van der Waals surface area contributed by atoms with Crippen LogP contribution in [0, 0.1) is 11.8 Å². The molecule has 3 nitrogen and oxygen atoms in total. The van der Waals surface area contributed by atoms with Crippen molar-refractivity contribution in [1.82, 2.24) is 0 Å². The fourth-order valence-corrected chi connectivity index (χ4v) is 2.78. The van der Waals surface area contributed by atoms with E-state index in [0.29, 0.717) is 5.92 Å². The quantitative estimate of drug-likeness (QED) is 0.735. The van der Waals surface area contributed by atoms with Crippen LogP contribution >= 0.6 is 0 Å². The third-order valence-corrected chi connectivity index (χ3v) is 3.75. The summed E-state index contributed by atoms with van der Waals surface area (Å²) in [6.07, 6.45) is 5.23. The average Bonchev–Trinajstić information content (AvgIpc) is 2.59. The van der Waals surface area contributed by atoms with Crippen molar-refractivity contribution in [3.05, 3.63) is 0 Å². The first-order valence-electron chi connectivity index (χ1n) is 6.33. The molecule has 0 aromatic carbocycles. The molecule has 0 bridgehead atoms. The lowest BCUT2D eigenvalue weighted by Gasteiger charge is -2.30. The molecule has 0 saturated heterocycles. The van der Waals surface area contributed by atoms with Crippen molar-refractivity contribution in [2.75, 3.05) is 7.11 Å². The summed E-state index contributed by atoms with van der Waals surface area (Å²) in [5.41, 5.74) is -0.818. The number of ether oxygens (including phenoxy) is 1. The van der Waals surface area contributed by atoms with Gasteiger partial charge in [0, 0.05) is 0 Å². The highest BCUT2D eigenvalue weighted by molar-refractivity contribution is 5.73. The SMILES string of the molecule is CCCCC(C(=O)OC)C1(O)CCC(C)C1. The third-order valence-electron chi connectivity index (χ3n) is 3.75. The van der Waals surface area contributed by atoms with Crippen molar-refractivity contribution in [3.8, 4) is 0 Å². The molecule has 0 aliphatic heterocycles. The summed E-state index contributed by atoms with van der Waals surface area (Å²) in [5.74, 6) is -0.0637. The van der Waals surface area contributed by atoms with Gasteiger partial charge < -0.3 is 9.84 Å². The molecule has 1 N–H and O–H groups in total. The molecule has 1 aliphatic carbocycles. The van der Waals surface area contributed by atoms with Gasteiger partial charge in [-0.3, -0.25) is 4.79 Å². The van der Waals surface area contributed by atoms with Crippen LogP contribution in [0.15, 0.2) is 0 Å². The molecular weight excluding hydrogens is 204 g/mol. The van der Waals surface area contributed by atoms with E-state index in [0.717, 1.165) is 38.5 Å². The van der Waals surface area contributed by atoms with Crippen molar-refractivity contribution in [3.63, 3.8) is 0 Å². The number of carbonyl (C=O) groups excluding carboxylic acids is 1. The molecule has 16 heavy (non-hydrogen) atoms. The Morgan fingerprint density at radius 1 is 1.62 bits per heavy atom. The van der Waals surface area contributed by atoms with Crippen LogP contribution in [0.5, 0.6) is 0 Å². The molecule has 3 atom stereocenters. The fourth-order valence-electron chi connectivity index (χ4n) is 2.78. The predicted molar refractivity (Wildman–Crippen MR) is 63.0 cm³/mol. The van der Waals surface area contributed by atoms with E-state index in [1.54, 1.807) is 0 Å². The number of unbranched alkanes of at least 4 members (excludes halogenated alkanes) is 1. The molecule has 1 saturated carbocycles. The van der Waals surface area contributed by atoms with Gasteiger partial charge in [-0.15, -0.1) is 0 Å². The van der Waals surface area contributed by atoms with Gasteiger partial charge in [0.05, 0.1) is 18.6 Å². The first-order valence-corrected chi connectivity index (χ1v) is 6.33. The molecule has 94 valence electrons. The zero-order valence-electron chi connectivity index (χ0n) is 10.7. The highest BCUT2D eigenvalue weighted by Gasteiger charge is 2.45. The molecule has 1 aliphatic rings. The molecule has 0 heterocycles. The van der Waals surface area contributed by atoms with Crippen LogP contribution in [0.3, 0.4) is 0 Å². The van der Waals surface area contributed by atoms with E-state index >= 15 is 0 Å². The van der Waals surface area contributed by atoms with E-state index in [1.807, 2.05) is 0 Å². The molecule has 0 spiro atoms. The molecule has 0 aromatic heterocycles. The van der Waals surface area contributed by atoms with Crippen molar-refractivity contribution < 1.29 is 14.6 Å². The zero-order valence-corrected chi connectivity index (χ0v) is 10.7. The Hall–Kier alpha value is -0.570. The summed E-state index contributed by atoms with van der Waals surface area (Å²) in [4.78, 5) is 11.7.